The van der Waals surface area contributed by atoms with Gasteiger partial charge in [0.2, 0.25) is 0 Å². The van der Waals surface area contributed by atoms with Gasteiger partial charge in [-0.05, 0) is 38.0 Å². The summed E-state index contributed by atoms with van der Waals surface area (Å²) in [5, 5.41) is 4.29. The summed E-state index contributed by atoms with van der Waals surface area (Å²) in [5.41, 5.74) is 9.30. The van der Waals surface area contributed by atoms with Crippen LogP contribution in [0.15, 0.2) is 24.5 Å². The van der Waals surface area contributed by atoms with E-state index in [2.05, 4.69) is 41.0 Å². The first-order valence-electron chi connectivity index (χ1n) is 6.67. The van der Waals surface area contributed by atoms with Crippen molar-refractivity contribution >= 4 is 11.4 Å². The maximum Gasteiger partial charge on any atom is 0.146 e. The van der Waals surface area contributed by atoms with Crippen molar-refractivity contribution in [3.05, 3.63) is 35.9 Å². The van der Waals surface area contributed by atoms with Crippen LogP contribution < -0.4 is 10.6 Å². The monoisotopic (exact) mass is 257 g/mol. The van der Waals surface area contributed by atoms with E-state index in [0.717, 1.165) is 31.0 Å². The molecule has 0 fully saturated rings. The lowest BCUT2D eigenvalue weighted by atomic mass is 10.1. The van der Waals surface area contributed by atoms with Gasteiger partial charge in [-0.2, -0.15) is 5.10 Å². The Bertz CT molecular complexity index is 587. The van der Waals surface area contributed by atoms with Gasteiger partial charge in [-0.15, -0.1) is 0 Å². The summed E-state index contributed by atoms with van der Waals surface area (Å²) in [7, 11) is 0. The fourth-order valence-electron chi connectivity index (χ4n) is 2.62. The third-order valence-corrected chi connectivity index (χ3v) is 3.57. The first-order chi connectivity index (χ1) is 9.15. The Morgan fingerprint density at radius 2 is 2.21 bits per heavy atom. The number of nitrogen functional groups attached to an aromatic ring is 1. The number of aromatic nitrogens is 3. The number of fused-ring (bicyclic) bond motifs is 1. The van der Waals surface area contributed by atoms with Crippen LogP contribution in [-0.2, 0) is 13.0 Å². The minimum Gasteiger partial charge on any atom is -0.399 e. The van der Waals surface area contributed by atoms with Gasteiger partial charge in [-0.1, -0.05) is 6.07 Å². The molecule has 0 unspecified atom stereocenters. The first-order valence-corrected chi connectivity index (χ1v) is 6.67. The van der Waals surface area contributed by atoms with Crippen LogP contribution in [-0.4, -0.2) is 21.3 Å². The molecule has 1 aliphatic heterocycles. The molecule has 0 radical (unpaired) electrons. The Hall–Kier alpha value is -2.04. The second kappa shape index (κ2) is 4.57. The van der Waals surface area contributed by atoms with Gasteiger partial charge >= 0.3 is 0 Å². The highest BCUT2D eigenvalue weighted by Crippen LogP contribution is 2.30. The fraction of sp³-hybridized carbons (Fsp3) is 0.429. The highest BCUT2D eigenvalue weighted by atomic mass is 15.4. The molecule has 0 spiro atoms. The molecule has 0 saturated carbocycles. The van der Waals surface area contributed by atoms with Crippen molar-refractivity contribution in [1.82, 2.24) is 14.8 Å². The Kier molecular flexibility index (Phi) is 2.89. The minimum atomic E-state index is 0.334. The zero-order valence-corrected chi connectivity index (χ0v) is 11.4. The smallest absolute Gasteiger partial charge is 0.146 e. The van der Waals surface area contributed by atoms with Gasteiger partial charge in [-0.3, -0.25) is 0 Å². The summed E-state index contributed by atoms with van der Waals surface area (Å²) >= 11 is 0. The molecular weight excluding hydrogens is 238 g/mol. The topological polar surface area (TPSA) is 60.0 Å². The van der Waals surface area contributed by atoms with Crippen LogP contribution in [0.3, 0.4) is 0 Å². The lowest BCUT2D eigenvalue weighted by Gasteiger charge is -2.20. The lowest BCUT2D eigenvalue weighted by Crippen LogP contribution is -2.23. The Morgan fingerprint density at radius 1 is 1.37 bits per heavy atom. The molecule has 5 nitrogen and oxygen atoms in total. The minimum absolute atomic E-state index is 0.334. The number of anilines is 2. The van der Waals surface area contributed by atoms with Gasteiger partial charge < -0.3 is 10.6 Å². The van der Waals surface area contributed by atoms with Gasteiger partial charge in [0.15, 0.2) is 0 Å². The fourth-order valence-corrected chi connectivity index (χ4v) is 2.62. The standard InChI is InChI=1S/C14H19N5/c1-10(2)19-14(16-9-17-19)8-18-6-5-11-3-4-12(15)7-13(11)18/h3-4,7,9-10H,5-6,8,15H2,1-2H3. The zero-order valence-electron chi connectivity index (χ0n) is 11.4. The van der Waals surface area contributed by atoms with Crippen molar-refractivity contribution in [2.75, 3.05) is 17.2 Å². The molecule has 0 amide bonds. The first kappa shape index (κ1) is 12.0. The third-order valence-electron chi connectivity index (χ3n) is 3.57. The second-order valence-corrected chi connectivity index (χ2v) is 5.27. The molecule has 1 aromatic carbocycles. The normalized spacial score (nSPS) is 14.2. The summed E-state index contributed by atoms with van der Waals surface area (Å²) in [4.78, 5) is 6.70. The van der Waals surface area contributed by atoms with E-state index in [1.165, 1.54) is 11.3 Å². The lowest BCUT2D eigenvalue weighted by molar-refractivity contribution is 0.502. The van der Waals surface area contributed by atoms with Gasteiger partial charge in [-0.25, -0.2) is 9.67 Å². The Balaban J connectivity index is 1.86. The van der Waals surface area contributed by atoms with E-state index >= 15 is 0 Å². The van der Waals surface area contributed by atoms with Crippen LogP contribution in [0.2, 0.25) is 0 Å². The molecule has 100 valence electrons. The van der Waals surface area contributed by atoms with Crippen molar-refractivity contribution in [3.63, 3.8) is 0 Å². The van der Waals surface area contributed by atoms with Crippen molar-refractivity contribution in [3.8, 4) is 0 Å². The number of nitrogens with two attached hydrogens (primary N) is 1. The van der Waals surface area contributed by atoms with Crippen LogP contribution in [0.4, 0.5) is 11.4 Å². The number of rotatable bonds is 3. The largest absolute Gasteiger partial charge is 0.399 e. The SMILES string of the molecule is CC(C)n1ncnc1CN1CCc2ccc(N)cc21. The molecule has 0 aliphatic carbocycles. The predicted octanol–water partition coefficient (Wildman–Crippen LogP) is 2.00. The van der Waals surface area contributed by atoms with Gasteiger partial charge in [0.25, 0.3) is 0 Å². The molecule has 2 N–H and O–H groups in total. The number of hydrogen-bond donors (Lipinski definition) is 1. The molecule has 1 aromatic heterocycles. The molecule has 2 heterocycles. The summed E-state index contributed by atoms with van der Waals surface area (Å²) in [5.74, 6) is 1.00. The third kappa shape index (κ3) is 2.16. The number of benzene rings is 1. The average Bonchev–Trinajstić information content (AvgIpc) is 2.97. The van der Waals surface area contributed by atoms with Crippen LogP contribution in [0, 0.1) is 0 Å². The zero-order chi connectivity index (χ0) is 13.4. The molecule has 1 aliphatic rings. The van der Waals surface area contributed by atoms with Crippen molar-refractivity contribution in [2.24, 2.45) is 0 Å². The molecular formula is C14H19N5. The molecule has 0 saturated heterocycles. The van der Waals surface area contributed by atoms with E-state index in [9.17, 15) is 0 Å². The van der Waals surface area contributed by atoms with Crippen molar-refractivity contribution < 1.29 is 0 Å². The van der Waals surface area contributed by atoms with Crippen LogP contribution in [0.5, 0.6) is 0 Å². The van der Waals surface area contributed by atoms with E-state index in [4.69, 9.17) is 5.73 Å². The van der Waals surface area contributed by atoms with Crippen LogP contribution in [0.25, 0.3) is 0 Å². The van der Waals surface area contributed by atoms with E-state index < -0.39 is 0 Å². The molecule has 3 rings (SSSR count). The predicted molar refractivity (Wildman–Crippen MR) is 76.0 cm³/mol. The molecule has 0 atom stereocenters. The highest BCUT2D eigenvalue weighted by Gasteiger charge is 2.21. The van der Waals surface area contributed by atoms with Gasteiger partial charge in [0, 0.05) is 24.0 Å². The molecule has 0 bridgehead atoms. The molecule has 5 heteroatoms. The molecule has 19 heavy (non-hydrogen) atoms. The van der Waals surface area contributed by atoms with E-state index in [-0.39, 0.29) is 0 Å². The van der Waals surface area contributed by atoms with E-state index in [0.29, 0.717) is 6.04 Å². The quantitative estimate of drug-likeness (QED) is 0.854. The molecule has 2 aromatic rings. The van der Waals surface area contributed by atoms with Crippen molar-refractivity contribution in [2.45, 2.75) is 32.9 Å². The van der Waals surface area contributed by atoms with Gasteiger partial charge in [0.1, 0.15) is 12.2 Å². The number of nitrogens with zero attached hydrogens (tertiary/aromatic N) is 4. The summed E-state index contributed by atoms with van der Waals surface area (Å²) < 4.78 is 1.98. The van der Waals surface area contributed by atoms with Crippen molar-refractivity contribution in [1.29, 1.82) is 0 Å². The maximum atomic E-state index is 5.88. The van der Waals surface area contributed by atoms with Gasteiger partial charge in [0.05, 0.1) is 6.54 Å². The summed E-state index contributed by atoms with van der Waals surface area (Å²) in [6.45, 7) is 6.04. The Labute approximate surface area is 113 Å². The highest BCUT2D eigenvalue weighted by molar-refractivity contribution is 5.64. The summed E-state index contributed by atoms with van der Waals surface area (Å²) in [6, 6.07) is 6.48. The summed E-state index contributed by atoms with van der Waals surface area (Å²) in [6.07, 6.45) is 2.71. The van der Waals surface area contributed by atoms with E-state index in [1.54, 1.807) is 6.33 Å². The van der Waals surface area contributed by atoms with Crippen LogP contribution in [0.1, 0.15) is 31.3 Å². The second-order valence-electron chi connectivity index (χ2n) is 5.27. The van der Waals surface area contributed by atoms with Crippen LogP contribution >= 0.6 is 0 Å². The Morgan fingerprint density at radius 3 is 3.00 bits per heavy atom. The average molecular weight is 257 g/mol. The number of hydrogen-bond acceptors (Lipinski definition) is 4. The maximum absolute atomic E-state index is 5.88. The van der Waals surface area contributed by atoms with E-state index in [1.807, 2.05) is 10.7 Å².